The van der Waals surface area contributed by atoms with Gasteiger partial charge in [-0.1, -0.05) is 84.9 Å². The predicted octanol–water partition coefficient (Wildman–Crippen LogP) is 5.21. The zero-order valence-electron chi connectivity index (χ0n) is 13.3. The number of rotatable bonds is 5. The average molecular weight is 314 g/mol. The summed E-state index contributed by atoms with van der Waals surface area (Å²) in [6.45, 7) is 0.282. The molecule has 3 rings (SSSR count). The van der Waals surface area contributed by atoms with Crippen LogP contribution in [0.15, 0.2) is 84.9 Å². The van der Waals surface area contributed by atoms with Crippen molar-refractivity contribution in [3.63, 3.8) is 0 Å². The van der Waals surface area contributed by atoms with E-state index < -0.39 is 0 Å². The summed E-state index contributed by atoms with van der Waals surface area (Å²) in [4.78, 5) is 12.2. The summed E-state index contributed by atoms with van der Waals surface area (Å²) >= 11 is 0. The molecule has 0 amide bonds. The van der Waals surface area contributed by atoms with Crippen LogP contribution in [0.4, 0.5) is 0 Å². The van der Waals surface area contributed by atoms with E-state index in [1.807, 2.05) is 91.0 Å². The summed E-state index contributed by atoms with van der Waals surface area (Å²) in [5, 5.41) is 0. The van der Waals surface area contributed by atoms with Crippen LogP contribution in [-0.4, -0.2) is 5.97 Å². The molecule has 0 radical (unpaired) electrons. The zero-order valence-corrected chi connectivity index (χ0v) is 13.3. The summed E-state index contributed by atoms with van der Waals surface area (Å²) in [5.41, 5.74) is 3.62. The summed E-state index contributed by atoms with van der Waals surface area (Å²) in [6, 6.07) is 27.2. The molecule has 3 aromatic carbocycles. The molecule has 0 bridgehead atoms. The van der Waals surface area contributed by atoms with Crippen molar-refractivity contribution >= 4 is 18.1 Å². The molecular formula is C22H18O2. The van der Waals surface area contributed by atoms with Gasteiger partial charge in [-0.15, -0.1) is 0 Å². The van der Waals surface area contributed by atoms with E-state index in [9.17, 15) is 4.79 Å². The van der Waals surface area contributed by atoms with Gasteiger partial charge in [-0.25, -0.2) is 4.79 Å². The molecule has 0 saturated carbocycles. The van der Waals surface area contributed by atoms with Crippen molar-refractivity contribution < 1.29 is 9.53 Å². The highest BCUT2D eigenvalue weighted by Crippen LogP contribution is 2.12. The quantitative estimate of drug-likeness (QED) is 0.477. The average Bonchev–Trinajstić information content (AvgIpc) is 2.66. The lowest BCUT2D eigenvalue weighted by atomic mass is 10.1. The van der Waals surface area contributed by atoms with Gasteiger partial charge in [0.1, 0.15) is 6.61 Å². The molecule has 0 N–H and O–H groups in total. The minimum atomic E-state index is -0.311. The predicted molar refractivity (Wildman–Crippen MR) is 97.4 cm³/mol. The van der Waals surface area contributed by atoms with Gasteiger partial charge in [0.2, 0.25) is 0 Å². The van der Waals surface area contributed by atoms with E-state index in [0.717, 1.165) is 16.7 Å². The van der Waals surface area contributed by atoms with Gasteiger partial charge in [0.05, 0.1) is 5.56 Å². The molecule has 0 fully saturated rings. The lowest BCUT2D eigenvalue weighted by molar-refractivity contribution is 0.0472. The lowest BCUT2D eigenvalue weighted by Crippen LogP contribution is -2.05. The Hall–Kier alpha value is -3.13. The van der Waals surface area contributed by atoms with Gasteiger partial charge < -0.3 is 4.74 Å². The molecule has 0 saturated heterocycles. The van der Waals surface area contributed by atoms with E-state index in [1.165, 1.54) is 0 Å². The highest BCUT2D eigenvalue weighted by atomic mass is 16.5. The molecule has 0 aliphatic heterocycles. The second-order valence-corrected chi connectivity index (χ2v) is 5.43. The van der Waals surface area contributed by atoms with Crippen LogP contribution in [0.25, 0.3) is 12.2 Å². The smallest absolute Gasteiger partial charge is 0.338 e. The molecule has 0 aliphatic rings. The largest absolute Gasteiger partial charge is 0.457 e. The van der Waals surface area contributed by atoms with Crippen LogP contribution in [0.2, 0.25) is 0 Å². The van der Waals surface area contributed by atoms with Crippen molar-refractivity contribution in [1.29, 1.82) is 0 Å². The van der Waals surface area contributed by atoms with Crippen LogP contribution in [-0.2, 0) is 11.3 Å². The minimum absolute atomic E-state index is 0.282. The summed E-state index contributed by atoms with van der Waals surface area (Å²) < 4.78 is 5.37. The monoisotopic (exact) mass is 314 g/mol. The first kappa shape index (κ1) is 15.8. The number of benzene rings is 3. The highest BCUT2D eigenvalue weighted by molar-refractivity contribution is 5.90. The Balaban J connectivity index is 1.66. The molecule has 0 spiro atoms. The van der Waals surface area contributed by atoms with E-state index in [1.54, 1.807) is 6.07 Å². The van der Waals surface area contributed by atoms with Crippen LogP contribution < -0.4 is 0 Å². The standard InChI is InChI=1S/C22H18O2/c23-22(24-17-20-10-5-2-6-11-20)21-13-7-12-19(16-21)15-14-18-8-3-1-4-9-18/h1-16H,17H2/b15-14+. The SMILES string of the molecule is O=C(OCc1ccccc1)c1cccc(/C=C/c2ccccc2)c1. The summed E-state index contributed by atoms with van der Waals surface area (Å²) in [5.74, 6) is -0.311. The van der Waals surface area contributed by atoms with Crippen LogP contribution >= 0.6 is 0 Å². The van der Waals surface area contributed by atoms with Crippen molar-refractivity contribution in [2.75, 3.05) is 0 Å². The first-order valence-corrected chi connectivity index (χ1v) is 7.85. The van der Waals surface area contributed by atoms with Crippen molar-refractivity contribution in [2.45, 2.75) is 6.61 Å². The lowest BCUT2D eigenvalue weighted by Gasteiger charge is -2.05. The van der Waals surface area contributed by atoms with Gasteiger partial charge in [-0.05, 0) is 28.8 Å². The molecule has 0 unspecified atom stereocenters. The van der Waals surface area contributed by atoms with Gasteiger partial charge in [-0.2, -0.15) is 0 Å². The number of esters is 1. The first-order valence-electron chi connectivity index (χ1n) is 7.85. The van der Waals surface area contributed by atoms with Crippen LogP contribution in [0.3, 0.4) is 0 Å². The second-order valence-electron chi connectivity index (χ2n) is 5.43. The molecular weight excluding hydrogens is 296 g/mol. The van der Waals surface area contributed by atoms with Gasteiger partial charge in [0, 0.05) is 0 Å². The Bertz CT molecular complexity index is 821. The molecule has 0 atom stereocenters. The number of ether oxygens (including phenoxy) is 1. The summed E-state index contributed by atoms with van der Waals surface area (Å²) in [7, 11) is 0. The van der Waals surface area contributed by atoms with Crippen LogP contribution in [0.5, 0.6) is 0 Å². The zero-order chi connectivity index (χ0) is 16.6. The number of carbonyl (C=O) groups is 1. The molecule has 2 heteroatoms. The van der Waals surface area contributed by atoms with Gasteiger partial charge >= 0.3 is 5.97 Å². The maximum atomic E-state index is 12.2. The highest BCUT2D eigenvalue weighted by Gasteiger charge is 2.07. The van der Waals surface area contributed by atoms with Crippen molar-refractivity contribution in [3.8, 4) is 0 Å². The Morgan fingerprint density at radius 2 is 1.38 bits per heavy atom. The fraction of sp³-hybridized carbons (Fsp3) is 0.0455. The van der Waals surface area contributed by atoms with Crippen molar-refractivity contribution in [2.24, 2.45) is 0 Å². The van der Waals surface area contributed by atoms with E-state index in [2.05, 4.69) is 0 Å². The molecule has 118 valence electrons. The Labute approximate surface area is 142 Å². The summed E-state index contributed by atoms with van der Waals surface area (Å²) in [6.07, 6.45) is 4.01. The number of hydrogen-bond acceptors (Lipinski definition) is 2. The first-order chi connectivity index (χ1) is 11.8. The molecule has 0 heterocycles. The fourth-order valence-corrected chi connectivity index (χ4v) is 2.33. The van der Waals surface area contributed by atoms with Crippen LogP contribution in [0.1, 0.15) is 27.0 Å². The molecule has 0 aromatic heterocycles. The Morgan fingerprint density at radius 1 is 0.750 bits per heavy atom. The molecule has 2 nitrogen and oxygen atoms in total. The van der Waals surface area contributed by atoms with Crippen molar-refractivity contribution in [1.82, 2.24) is 0 Å². The van der Waals surface area contributed by atoms with E-state index in [0.29, 0.717) is 5.56 Å². The third-order valence-corrected chi connectivity index (χ3v) is 3.60. The van der Waals surface area contributed by atoms with Gasteiger partial charge in [-0.3, -0.25) is 0 Å². The topological polar surface area (TPSA) is 26.3 Å². The van der Waals surface area contributed by atoms with E-state index in [4.69, 9.17) is 4.74 Å². The Morgan fingerprint density at radius 3 is 2.12 bits per heavy atom. The third-order valence-electron chi connectivity index (χ3n) is 3.60. The van der Waals surface area contributed by atoms with E-state index >= 15 is 0 Å². The number of carbonyl (C=O) groups excluding carboxylic acids is 1. The maximum absolute atomic E-state index is 12.2. The fourth-order valence-electron chi connectivity index (χ4n) is 2.33. The Kier molecular flexibility index (Phi) is 5.21. The van der Waals surface area contributed by atoms with E-state index in [-0.39, 0.29) is 12.6 Å². The van der Waals surface area contributed by atoms with Gasteiger partial charge in [0.15, 0.2) is 0 Å². The maximum Gasteiger partial charge on any atom is 0.338 e. The molecule has 0 aliphatic carbocycles. The van der Waals surface area contributed by atoms with Crippen LogP contribution in [0, 0.1) is 0 Å². The number of hydrogen-bond donors (Lipinski definition) is 0. The third kappa shape index (κ3) is 4.43. The minimum Gasteiger partial charge on any atom is -0.457 e. The normalized spacial score (nSPS) is 10.7. The molecule has 24 heavy (non-hydrogen) atoms. The molecule has 3 aromatic rings. The second kappa shape index (κ2) is 7.93. The van der Waals surface area contributed by atoms with Gasteiger partial charge in [0.25, 0.3) is 0 Å². The van der Waals surface area contributed by atoms with Crippen molar-refractivity contribution in [3.05, 3.63) is 107 Å².